The summed E-state index contributed by atoms with van der Waals surface area (Å²) >= 11 is 7.52. The molecule has 0 fully saturated rings. The Morgan fingerprint density at radius 2 is 1.85 bits per heavy atom. The lowest BCUT2D eigenvalue weighted by Crippen LogP contribution is -2.14. The Morgan fingerprint density at radius 1 is 1.05 bits per heavy atom. The highest BCUT2D eigenvalue weighted by Gasteiger charge is 2.12. The van der Waals surface area contributed by atoms with Gasteiger partial charge in [0.2, 0.25) is 0 Å². The second-order valence-corrected chi connectivity index (χ2v) is 5.63. The van der Waals surface area contributed by atoms with E-state index >= 15 is 0 Å². The molecular formula is C15H6ClN3S. The fourth-order valence-corrected chi connectivity index (χ4v) is 3.06. The third-order valence-corrected chi connectivity index (χ3v) is 4.20. The molecule has 0 aliphatic carbocycles. The molecule has 0 aromatic heterocycles. The predicted octanol–water partition coefficient (Wildman–Crippen LogP) is 2.95. The topological polar surface area (TPSA) is 59.9 Å². The van der Waals surface area contributed by atoms with Gasteiger partial charge in [0.05, 0.1) is 11.0 Å². The quantitative estimate of drug-likeness (QED) is 0.640. The van der Waals surface area contributed by atoms with Crippen LogP contribution in [0.5, 0.6) is 0 Å². The maximum atomic E-state index is 8.92. The van der Waals surface area contributed by atoms with Crippen molar-refractivity contribution >= 4 is 34.6 Å². The van der Waals surface area contributed by atoms with E-state index in [2.05, 4.69) is 4.99 Å². The molecule has 0 bridgehead atoms. The van der Waals surface area contributed by atoms with Gasteiger partial charge in [-0.15, -0.1) is 0 Å². The first-order valence-corrected chi connectivity index (χ1v) is 6.91. The van der Waals surface area contributed by atoms with Gasteiger partial charge in [-0.05, 0) is 30.3 Å². The second kappa shape index (κ2) is 5.02. The summed E-state index contributed by atoms with van der Waals surface area (Å²) in [6.45, 7) is 0. The van der Waals surface area contributed by atoms with Crippen molar-refractivity contribution in [3.8, 4) is 12.1 Å². The summed E-state index contributed by atoms with van der Waals surface area (Å²) in [6, 6.07) is 14.7. The number of benzene rings is 2. The average Bonchev–Trinajstić information content (AvgIpc) is 2.46. The van der Waals surface area contributed by atoms with Gasteiger partial charge in [0.15, 0.2) is 0 Å². The Hall–Kier alpha value is -2.27. The molecule has 1 heterocycles. The molecule has 2 aromatic rings. The van der Waals surface area contributed by atoms with E-state index in [0.29, 0.717) is 10.2 Å². The van der Waals surface area contributed by atoms with Crippen molar-refractivity contribution in [3.05, 3.63) is 52.0 Å². The van der Waals surface area contributed by atoms with E-state index in [-0.39, 0.29) is 5.57 Å². The van der Waals surface area contributed by atoms with E-state index < -0.39 is 0 Å². The zero-order chi connectivity index (χ0) is 14.1. The van der Waals surface area contributed by atoms with Crippen molar-refractivity contribution in [1.82, 2.24) is 0 Å². The molecule has 20 heavy (non-hydrogen) atoms. The van der Waals surface area contributed by atoms with Gasteiger partial charge < -0.3 is 0 Å². The number of rotatable bonds is 0. The summed E-state index contributed by atoms with van der Waals surface area (Å²) in [5.74, 6) is 0. The highest BCUT2D eigenvalue weighted by Crippen LogP contribution is 2.37. The molecule has 0 N–H and O–H groups in total. The Morgan fingerprint density at radius 3 is 2.60 bits per heavy atom. The smallest absolute Gasteiger partial charge is 0.136 e. The van der Waals surface area contributed by atoms with Crippen molar-refractivity contribution in [2.24, 2.45) is 4.99 Å². The number of nitriles is 2. The van der Waals surface area contributed by atoms with Crippen LogP contribution in [-0.2, 0) is 0 Å². The van der Waals surface area contributed by atoms with E-state index in [1.165, 1.54) is 0 Å². The minimum atomic E-state index is 0.107. The maximum Gasteiger partial charge on any atom is 0.136 e. The fourth-order valence-electron chi connectivity index (χ4n) is 1.91. The van der Waals surface area contributed by atoms with Gasteiger partial charge in [-0.1, -0.05) is 29.4 Å². The Balaban J connectivity index is 2.26. The fraction of sp³-hybridized carbons (Fsp3) is 0. The third kappa shape index (κ3) is 2.16. The van der Waals surface area contributed by atoms with Crippen LogP contribution in [-0.4, -0.2) is 0 Å². The summed E-state index contributed by atoms with van der Waals surface area (Å²) in [5.41, 5.74) is 0.947. The molecular weight excluding hydrogens is 290 g/mol. The summed E-state index contributed by atoms with van der Waals surface area (Å²) in [7, 11) is 0. The highest BCUT2D eigenvalue weighted by atomic mass is 35.5. The van der Waals surface area contributed by atoms with Gasteiger partial charge >= 0.3 is 0 Å². The SMILES string of the molecule is N#CC(C#N)=c1ccc2c(c1)Sc1ccc(Cl)cc1N=2. The molecule has 1 aliphatic rings. The van der Waals surface area contributed by atoms with Crippen LogP contribution in [0.25, 0.3) is 5.57 Å². The Bertz CT molecular complexity index is 904. The molecule has 0 spiro atoms. The zero-order valence-electron chi connectivity index (χ0n) is 10.1. The lowest BCUT2D eigenvalue weighted by atomic mass is 10.2. The zero-order valence-corrected chi connectivity index (χ0v) is 11.7. The van der Waals surface area contributed by atoms with Crippen LogP contribution in [0.15, 0.2) is 51.2 Å². The number of hydrogen-bond acceptors (Lipinski definition) is 4. The monoisotopic (exact) mass is 295 g/mol. The summed E-state index contributed by atoms with van der Waals surface area (Å²) in [4.78, 5) is 6.48. The van der Waals surface area contributed by atoms with Gasteiger partial charge in [0, 0.05) is 20.0 Å². The summed E-state index contributed by atoms with van der Waals surface area (Å²) < 4.78 is 0. The summed E-state index contributed by atoms with van der Waals surface area (Å²) in [6.07, 6.45) is 0. The van der Waals surface area contributed by atoms with Crippen LogP contribution < -0.4 is 10.6 Å². The first kappa shape index (κ1) is 12.7. The molecule has 3 rings (SSSR count). The first-order valence-electron chi connectivity index (χ1n) is 5.72. The standard InChI is InChI=1S/C15H6ClN3S/c16-11-2-4-14-13(6-11)19-12-3-1-9(5-15(12)20-14)10(7-17)8-18/h1-6H. The van der Waals surface area contributed by atoms with Gasteiger partial charge in [0.1, 0.15) is 17.7 Å². The molecule has 0 saturated carbocycles. The summed E-state index contributed by atoms with van der Waals surface area (Å²) in [5, 5.41) is 19.9. The minimum absolute atomic E-state index is 0.107. The van der Waals surface area contributed by atoms with E-state index in [1.807, 2.05) is 42.5 Å². The molecule has 2 aromatic carbocycles. The van der Waals surface area contributed by atoms with Gasteiger partial charge in [0.25, 0.3) is 0 Å². The van der Waals surface area contributed by atoms with Gasteiger partial charge in [-0.2, -0.15) is 10.5 Å². The normalized spacial score (nSPS) is 11.3. The van der Waals surface area contributed by atoms with Crippen LogP contribution in [0, 0.1) is 22.7 Å². The second-order valence-electron chi connectivity index (χ2n) is 4.11. The van der Waals surface area contributed by atoms with E-state index in [0.717, 1.165) is 20.8 Å². The average molecular weight is 296 g/mol. The van der Waals surface area contributed by atoms with Crippen LogP contribution in [0.2, 0.25) is 5.02 Å². The molecule has 3 nitrogen and oxygen atoms in total. The third-order valence-electron chi connectivity index (χ3n) is 2.85. The molecule has 0 unspecified atom stereocenters. The molecule has 0 saturated heterocycles. The van der Waals surface area contributed by atoms with Crippen molar-refractivity contribution in [2.75, 3.05) is 0 Å². The highest BCUT2D eigenvalue weighted by molar-refractivity contribution is 7.99. The Labute approximate surface area is 124 Å². The lowest BCUT2D eigenvalue weighted by molar-refractivity contribution is 1.16. The number of hydrogen-bond donors (Lipinski definition) is 0. The first-order chi connectivity index (χ1) is 9.71. The van der Waals surface area contributed by atoms with Crippen LogP contribution in [0.4, 0.5) is 5.69 Å². The lowest BCUT2D eigenvalue weighted by Gasteiger charge is -2.11. The molecule has 94 valence electrons. The molecule has 5 heteroatoms. The van der Waals surface area contributed by atoms with Crippen molar-refractivity contribution in [1.29, 1.82) is 10.5 Å². The van der Waals surface area contributed by atoms with Crippen molar-refractivity contribution < 1.29 is 0 Å². The van der Waals surface area contributed by atoms with Crippen molar-refractivity contribution in [2.45, 2.75) is 9.79 Å². The van der Waals surface area contributed by atoms with E-state index in [1.54, 1.807) is 17.8 Å². The molecule has 0 amide bonds. The van der Waals surface area contributed by atoms with Crippen LogP contribution >= 0.6 is 23.4 Å². The Kier molecular flexibility index (Phi) is 3.20. The van der Waals surface area contributed by atoms with E-state index in [9.17, 15) is 0 Å². The maximum absolute atomic E-state index is 8.92. The molecule has 0 atom stereocenters. The predicted molar refractivity (Wildman–Crippen MR) is 77.1 cm³/mol. The molecule has 0 radical (unpaired) electrons. The van der Waals surface area contributed by atoms with Gasteiger partial charge in [-0.3, -0.25) is 0 Å². The number of nitrogens with zero attached hydrogens (tertiary/aromatic N) is 3. The number of halogens is 1. The molecule has 1 aliphatic heterocycles. The number of fused-ring (bicyclic) bond motifs is 2. The van der Waals surface area contributed by atoms with Crippen molar-refractivity contribution in [3.63, 3.8) is 0 Å². The van der Waals surface area contributed by atoms with Gasteiger partial charge in [-0.25, -0.2) is 4.99 Å². The van der Waals surface area contributed by atoms with E-state index in [4.69, 9.17) is 22.1 Å². The van der Waals surface area contributed by atoms with Crippen LogP contribution in [0.3, 0.4) is 0 Å². The minimum Gasteiger partial charge on any atom is -0.247 e. The van der Waals surface area contributed by atoms with Crippen LogP contribution in [0.1, 0.15) is 0 Å². The largest absolute Gasteiger partial charge is 0.247 e.